The first-order valence-corrected chi connectivity index (χ1v) is 7.17. The molecule has 0 bridgehead atoms. The zero-order valence-electron chi connectivity index (χ0n) is 9.97. The third kappa shape index (κ3) is 2.91. The first-order valence-electron chi connectivity index (χ1n) is 5.47. The molecular formula is C12H14ClN3OS. The lowest BCUT2D eigenvalue weighted by atomic mass is 10.3. The van der Waals surface area contributed by atoms with Gasteiger partial charge >= 0.3 is 0 Å². The average Bonchev–Trinajstić information content (AvgIpc) is 2.75. The lowest BCUT2D eigenvalue weighted by Gasteiger charge is -2.05. The number of nitrogens with zero attached hydrogens (tertiary/aromatic N) is 2. The lowest BCUT2D eigenvalue weighted by Crippen LogP contribution is -2.06. The molecule has 0 aliphatic carbocycles. The molecule has 18 heavy (non-hydrogen) atoms. The largest absolute Gasteiger partial charge is 0.398 e. The summed E-state index contributed by atoms with van der Waals surface area (Å²) in [6.45, 7) is 0. The highest BCUT2D eigenvalue weighted by Crippen LogP contribution is 2.21. The monoisotopic (exact) mass is 283 g/mol. The highest BCUT2D eigenvalue weighted by atomic mass is 35.5. The topological polar surface area (TPSA) is 60.9 Å². The van der Waals surface area contributed by atoms with Crippen LogP contribution in [0.4, 0.5) is 5.69 Å². The van der Waals surface area contributed by atoms with Gasteiger partial charge in [0, 0.05) is 36.5 Å². The molecule has 0 aliphatic heterocycles. The molecule has 1 aromatic carbocycles. The molecule has 4 nitrogen and oxygen atoms in total. The summed E-state index contributed by atoms with van der Waals surface area (Å²) < 4.78 is 14.0. The van der Waals surface area contributed by atoms with Gasteiger partial charge in [0.15, 0.2) is 0 Å². The molecule has 1 unspecified atom stereocenters. The fourth-order valence-electron chi connectivity index (χ4n) is 1.59. The van der Waals surface area contributed by atoms with Crippen LogP contribution in [0.2, 0.25) is 5.02 Å². The van der Waals surface area contributed by atoms with Gasteiger partial charge in [-0.15, -0.1) is 0 Å². The molecule has 6 heteroatoms. The molecule has 0 saturated heterocycles. The first-order chi connectivity index (χ1) is 8.58. The van der Waals surface area contributed by atoms with Crippen LogP contribution >= 0.6 is 11.6 Å². The van der Waals surface area contributed by atoms with Gasteiger partial charge in [-0.25, -0.2) is 4.98 Å². The van der Waals surface area contributed by atoms with Crippen LogP contribution < -0.4 is 5.73 Å². The molecule has 0 spiro atoms. The second-order valence-electron chi connectivity index (χ2n) is 3.94. The molecule has 1 atom stereocenters. The van der Waals surface area contributed by atoms with Crippen LogP contribution in [0.15, 0.2) is 35.5 Å². The smallest absolute Gasteiger partial charge is 0.109 e. The normalized spacial score (nSPS) is 12.6. The molecule has 0 amide bonds. The summed E-state index contributed by atoms with van der Waals surface area (Å²) in [5, 5.41) is 0.442. The van der Waals surface area contributed by atoms with Crippen molar-refractivity contribution in [1.82, 2.24) is 9.55 Å². The van der Waals surface area contributed by atoms with Crippen molar-refractivity contribution in [2.75, 3.05) is 11.5 Å². The van der Waals surface area contributed by atoms with Crippen molar-refractivity contribution < 1.29 is 4.21 Å². The minimum absolute atomic E-state index is 0.442. The number of anilines is 1. The first kappa shape index (κ1) is 13.1. The summed E-state index contributed by atoms with van der Waals surface area (Å²) in [5.41, 5.74) is 6.12. The van der Waals surface area contributed by atoms with E-state index in [0.29, 0.717) is 27.8 Å². The second-order valence-corrected chi connectivity index (χ2v) is 5.92. The van der Waals surface area contributed by atoms with Gasteiger partial charge in [-0.2, -0.15) is 0 Å². The maximum Gasteiger partial charge on any atom is 0.109 e. The summed E-state index contributed by atoms with van der Waals surface area (Å²) in [7, 11) is 0.834. The minimum Gasteiger partial charge on any atom is -0.398 e. The Kier molecular flexibility index (Phi) is 4.04. The number of nitrogen functional groups attached to an aromatic ring is 1. The number of imidazole rings is 1. The Morgan fingerprint density at radius 1 is 1.50 bits per heavy atom. The van der Waals surface area contributed by atoms with E-state index in [2.05, 4.69) is 4.98 Å². The molecule has 2 rings (SSSR count). The van der Waals surface area contributed by atoms with Gasteiger partial charge in [0.1, 0.15) is 5.82 Å². The number of hydrogen-bond acceptors (Lipinski definition) is 3. The Labute approximate surface area is 113 Å². The molecule has 0 aliphatic rings. The highest BCUT2D eigenvalue weighted by molar-refractivity contribution is 7.85. The Morgan fingerprint density at radius 2 is 2.28 bits per heavy atom. The van der Waals surface area contributed by atoms with Gasteiger partial charge in [0.25, 0.3) is 0 Å². The Hall–Kier alpha value is -1.33. The van der Waals surface area contributed by atoms with E-state index < -0.39 is 10.8 Å². The molecule has 0 radical (unpaired) electrons. The maximum absolute atomic E-state index is 12.1. The molecule has 2 N–H and O–H groups in total. The van der Waals surface area contributed by atoms with Gasteiger partial charge in [-0.3, -0.25) is 4.21 Å². The number of nitrogens with two attached hydrogens (primary N) is 1. The summed E-state index contributed by atoms with van der Waals surface area (Å²) in [6.07, 6.45) is 4.27. The third-order valence-electron chi connectivity index (χ3n) is 2.67. The zero-order valence-corrected chi connectivity index (χ0v) is 11.5. The molecule has 1 heterocycles. The third-order valence-corrected chi connectivity index (χ3v) is 4.35. The van der Waals surface area contributed by atoms with E-state index in [4.69, 9.17) is 17.3 Å². The van der Waals surface area contributed by atoms with E-state index in [9.17, 15) is 4.21 Å². The summed E-state index contributed by atoms with van der Waals surface area (Å²) >= 11 is 5.91. The number of aromatic nitrogens is 2. The predicted octanol–water partition coefficient (Wildman–Crippen LogP) is 2.01. The molecule has 1 aromatic heterocycles. The minimum atomic E-state index is -1.09. The molecule has 96 valence electrons. The SMILES string of the molecule is Cn1ccnc1CCS(=O)c1ccc(N)c(Cl)c1. The number of aryl methyl sites for hydroxylation is 2. The molecule has 0 fully saturated rings. The number of hydrogen-bond donors (Lipinski definition) is 1. The van der Waals surface area contributed by atoms with Crippen LogP contribution in [-0.4, -0.2) is 19.5 Å². The van der Waals surface area contributed by atoms with Crippen molar-refractivity contribution in [2.45, 2.75) is 11.3 Å². The van der Waals surface area contributed by atoms with Crippen LogP contribution in [0.5, 0.6) is 0 Å². The number of halogens is 1. The van der Waals surface area contributed by atoms with Crippen molar-refractivity contribution >= 4 is 28.1 Å². The van der Waals surface area contributed by atoms with Gasteiger partial charge < -0.3 is 10.3 Å². The van der Waals surface area contributed by atoms with E-state index in [0.717, 1.165) is 5.82 Å². The Morgan fingerprint density at radius 3 is 2.89 bits per heavy atom. The van der Waals surface area contributed by atoms with Crippen molar-refractivity contribution in [3.8, 4) is 0 Å². The van der Waals surface area contributed by atoms with Gasteiger partial charge in [-0.05, 0) is 18.2 Å². The summed E-state index contributed by atoms with van der Waals surface area (Å²) in [5.74, 6) is 1.44. The van der Waals surface area contributed by atoms with E-state index in [1.54, 1.807) is 24.4 Å². The van der Waals surface area contributed by atoms with Crippen molar-refractivity contribution in [1.29, 1.82) is 0 Å². The van der Waals surface area contributed by atoms with Gasteiger partial charge in [0.05, 0.1) is 21.5 Å². The van der Waals surface area contributed by atoms with Crippen molar-refractivity contribution in [3.63, 3.8) is 0 Å². The molecule has 2 aromatic rings. The van der Waals surface area contributed by atoms with E-state index >= 15 is 0 Å². The van der Waals surface area contributed by atoms with Crippen LogP contribution in [0, 0.1) is 0 Å². The Balaban J connectivity index is 2.04. The van der Waals surface area contributed by atoms with Gasteiger partial charge in [0.2, 0.25) is 0 Å². The van der Waals surface area contributed by atoms with Crippen molar-refractivity contribution in [2.24, 2.45) is 7.05 Å². The van der Waals surface area contributed by atoms with Crippen LogP contribution in [0.3, 0.4) is 0 Å². The lowest BCUT2D eigenvalue weighted by molar-refractivity contribution is 0.680. The van der Waals surface area contributed by atoms with Crippen LogP contribution in [-0.2, 0) is 24.3 Å². The van der Waals surface area contributed by atoms with E-state index in [-0.39, 0.29) is 0 Å². The quantitative estimate of drug-likeness (QED) is 0.873. The number of benzene rings is 1. The second kappa shape index (κ2) is 5.54. The van der Waals surface area contributed by atoms with E-state index in [1.165, 1.54) is 0 Å². The molecule has 0 saturated carbocycles. The fourth-order valence-corrected chi connectivity index (χ4v) is 2.91. The highest BCUT2D eigenvalue weighted by Gasteiger charge is 2.08. The van der Waals surface area contributed by atoms with Crippen LogP contribution in [0.1, 0.15) is 5.82 Å². The number of rotatable bonds is 4. The van der Waals surface area contributed by atoms with Gasteiger partial charge in [-0.1, -0.05) is 11.6 Å². The predicted molar refractivity (Wildman–Crippen MR) is 74.1 cm³/mol. The standard InChI is InChI=1S/C12H14ClN3OS/c1-16-6-5-15-12(16)4-7-18(17)9-2-3-11(14)10(13)8-9/h2-3,5-6,8H,4,7,14H2,1H3. The zero-order chi connectivity index (χ0) is 13.1. The van der Waals surface area contributed by atoms with Crippen LogP contribution in [0.25, 0.3) is 0 Å². The maximum atomic E-state index is 12.1. The molecular weight excluding hydrogens is 270 g/mol. The average molecular weight is 284 g/mol. The fraction of sp³-hybridized carbons (Fsp3) is 0.250. The van der Waals surface area contributed by atoms with Crippen molar-refractivity contribution in [3.05, 3.63) is 41.4 Å². The van der Waals surface area contributed by atoms with E-state index in [1.807, 2.05) is 17.8 Å². The Bertz CT molecular complexity index is 582. The summed E-state index contributed by atoms with van der Waals surface area (Å²) in [4.78, 5) is 4.89. The summed E-state index contributed by atoms with van der Waals surface area (Å²) in [6, 6.07) is 5.08.